The summed E-state index contributed by atoms with van der Waals surface area (Å²) in [6, 6.07) is 6.81. The molecule has 0 aliphatic carbocycles. The number of hydrogen-bond donors (Lipinski definition) is 0. The Labute approximate surface area is 159 Å². The number of methoxy groups -OCH3 is 1. The molecule has 4 nitrogen and oxygen atoms in total. The Morgan fingerprint density at radius 2 is 1.88 bits per heavy atom. The average molecular weight is 364 g/mol. The predicted octanol–water partition coefficient (Wildman–Crippen LogP) is 5.10. The van der Waals surface area contributed by atoms with E-state index >= 15 is 0 Å². The molecule has 1 aromatic rings. The van der Waals surface area contributed by atoms with Crippen LogP contribution in [0.25, 0.3) is 0 Å². The smallest absolute Gasteiger partial charge is 0.168 e. The molecule has 0 bridgehead atoms. The van der Waals surface area contributed by atoms with Crippen LogP contribution in [0.15, 0.2) is 18.2 Å². The summed E-state index contributed by atoms with van der Waals surface area (Å²) in [7, 11) is 1.72. The second-order valence-corrected chi connectivity index (χ2v) is 7.34. The van der Waals surface area contributed by atoms with Crippen molar-refractivity contribution in [2.24, 2.45) is 0 Å². The molecule has 1 atom stereocenters. The second kappa shape index (κ2) is 10.3. The van der Waals surface area contributed by atoms with Gasteiger partial charge in [-0.15, -0.1) is 0 Å². The van der Waals surface area contributed by atoms with Crippen molar-refractivity contribution >= 4 is 0 Å². The summed E-state index contributed by atoms with van der Waals surface area (Å²) in [5, 5.41) is 0. The van der Waals surface area contributed by atoms with Gasteiger partial charge in [-0.3, -0.25) is 4.90 Å². The SMILES string of the molecule is CCCC1(CCCCN(CC)C(C)c2ccc(OC)cc2C)OCCO1. The van der Waals surface area contributed by atoms with Crippen molar-refractivity contribution in [3.8, 4) is 5.75 Å². The molecule has 0 spiro atoms. The monoisotopic (exact) mass is 363 g/mol. The maximum Gasteiger partial charge on any atom is 0.168 e. The van der Waals surface area contributed by atoms with Crippen LogP contribution in [-0.2, 0) is 9.47 Å². The van der Waals surface area contributed by atoms with E-state index in [1.165, 1.54) is 17.5 Å². The van der Waals surface area contributed by atoms with Crippen molar-refractivity contribution < 1.29 is 14.2 Å². The Kier molecular flexibility index (Phi) is 8.39. The van der Waals surface area contributed by atoms with Crippen LogP contribution in [-0.4, -0.2) is 44.1 Å². The van der Waals surface area contributed by atoms with Gasteiger partial charge in [-0.2, -0.15) is 0 Å². The van der Waals surface area contributed by atoms with E-state index in [1.807, 2.05) is 0 Å². The van der Waals surface area contributed by atoms with Gasteiger partial charge < -0.3 is 14.2 Å². The molecule has 1 fully saturated rings. The van der Waals surface area contributed by atoms with Crippen LogP contribution in [0.2, 0.25) is 0 Å². The lowest BCUT2D eigenvalue weighted by Crippen LogP contribution is -2.31. The highest BCUT2D eigenvalue weighted by molar-refractivity contribution is 5.36. The lowest BCUT2D eigenvalue weighted by Gasteiger charge is -2.30. The molecular weight excluding hydrogens is 326 g/mol. The Bertz CT molecular complexity index is 540. The van der Waals surface area contributed by atoms with Crippen LogP contribution in [0.1, 0.15) is 70.0 Å². The maximum atomic E-state index is 5.92. The zero-order valence-electron chi connectivity index (χ0n) is 17.3. The van der Waals surface area contributed by atoms with Crippen LogP contribution in [0.5, 0.6) is 5.75 Å². The van der Waals surface area contributed by atoms with Gasteiger partial charge in [-0.1, -0.05) is 26.3 Å². The van der Waals surface area contributed by atoms with Crippen LogP contribution < -0.4 is 4.74 Å². The molecule has 1 heterocycles. The van der Waals surface area contributed by atoms with Crippen LogP contribution in [0, 0.1) is 6.92 Å². The summed E-state index contributed by atoms with van der Waals surface area (Å²) < 4.78 is 17.2. The van der Waals surface area contributed by atoms with Gasteiger partial charge in [-0.05, 0) is 63.0 Å². The molecule has 0 N–H and O–H groups in total. The zero-order chi connectivity index (χ0) is 19.0. The van der Waals surface area contributed by atoms with E-state index in [0.29, 0.717) is 6.04 Å². The molecule has 4 heteroatoms. The van der Waals surface area contributed by atoms with Gasteiger partial charge in [0, 0.05) is 18.9 Å². The van der Waals surface area contributed by atoms with E-state index < -0.39 is 0 Å². The van der Waals surface area contributed by atoms with Crippen molar-refractivity contribution in [2.75, 3.05) is 33.4 Å². The van der Waals surface area contributed by atoms with Gasteiger partial charge in [0.05, 0.1) is 20.3 Å². The molecular formula is C22H37NO3. The van der Waals surface area contributed by atoms with Crippen LogP contribution >= 0.6 is 0 Å². The number of aryl methyl sites for hydroxylation is 1. The van der Waals surface area contributed by atoms with Crippen molar-refractivity contribution in [2.45, 2.75) is 71.6 Å². The van der Waals surface area contributed by atoms with E-state index in [9.17, 15) is 0 Å². The first kappa shape index (κ1) is 21.2. The highest BCUT2D eigenvalue weighted by Gasteiger charge is 2.34. The third-order valence-electron chi connectivity index (χ3n) is 5.58. The van der Waals surface area contributed by atoms with Crippen molar-refractivity contribution in [3.63, 3.8) is 0 Å². The number of ether oxygens (including phenoxy) is 3. The number of unbranched alkanes of at least 4 members (excludes halogenated alkanes) is 1. The normalized spacial score (nSPS) is 17.6. The minimum absolute atomic E-state index is 0.302. The van der Waals surface area contributed by atoms with Gasteiger partial charge in [0.1, 0.15) is 5.75 Å². The number of benzene rings is 1. The van der Waals surface area contributed by atoms with Crippen molar-refractivity contribution in [1.82, 2.24) is 4.90 Å². The molecule has 1 unspecified atom stereocenters. The van der Waals surface area contributed by atoms with E-state index in [1.54, 1.807) is 7.11 Å². The first-order chi connectivity index (χ1) is 12.5. The summed E-state index contributed by atoms with van der Waals surface area (Å²) in [4.78, 5) is 2.55. The minimum Gasteiger partial charge on any atom is -0.497 e. The summed E-state index contributed by atoms with van der Waals surface area (Å²) in [5.41, 5.74) is 2.68. The van der Waals surface area contributed by atoms with E-state index in [-0.39, 0.29) is 5.79 Å². The van der Waals surface area contributed by atoms with E-state index in [0.717, 1.165) is 57.7 Å². The average Bonchev–Trinajstić information content (AvgIpc) is 3.10. The highest BCUT2D eigenvalue weighted by atomic mass is 16.7. The van der Waals surface area contributed by atoms with E-state index in [4.69, 9.17) is 14.2 Å². The van der Waals surface area contributed by atoms with Gasteiger partial charge >= 0.3 is 0 Å². The first-order valence-electron chi connectivity index (χ1n) is 10.2. The molecule has 1 saturated heterocycles. The topological polar surface area (TPSA) is 30.9 Å². The summed E-state index contributed by atoms with van der Waals surface area (Å²) >= 11 is 0. The highest BCUT2D eigenvalue weighted by Crippen LogP contribution is 2.31. The van der Waals surface area contributed by atoms with Crippen LogP contribution in [0.4, 0.5) is 0 Å². The number of rotatable bonds is 11. The van der Waals surface area contributed by atoms with Gasteiger partial charge in [0.25, 0.3) is 0 Å². The quantitative estimate of drug-likeness (QED) is 0.512. The zero-order valence-corrected chi connectivity index (χ0v) is 17.3. The number of hydrogen-bond acceptors (Lipinski definition) is 4. The number of nitrogens with zero attached hydrogens (tertiary/aromatic N) is 1. The Balaban J connectivity index is 1.86. The summed E-state index contributed by atoms with van der Waals surface area (Å²) in [6.45, 7) is 12.6. The molecule has 1 aromatic carbocycles. The molecule has 148 valence electrons. The first-order valence-corrected chi connectivity index (χ1v) is 10.2. The molecule has 1 aliphatic heterocycles. The maximum absolute atomic E-state index is 5.92. The van der Waals surface area contributed by atoms with Gasteiger partial charge in [0.15, 0.2) is 5.79 Å². The summed E-state index contributed by atoms with van der Waals surface area (Å²) in [5.74, 6) is 0.628. The fourth-order valence-electron chi connectivity index (χ4n) is 4.07. The largest absolute Gasteiger partial charge is 0.497 e. The minimum atomic E-state index is -0.302. The molecule has 0 amide bonds. The fourth-order valence-corrected chi connectivity index (χ4v) is 4.07. The van der Waals surface area contributed by atoms with Gasteiger partial charge in [-0.25, -0.2) is 0 Å². The third kappa shape index (κ3) is 5.45. The van der Waals surface area contributed by atoms with Crippen molar-refractivity contribution in [1.29, 1.82) is 0 Å². The lowest BCUT2D eigenvalue weighted by atomic mass is 10.00. The van der Waals surface area contributed by atoms with E-state index in [2.05, 4.69) is 50.8 Å². The molecule has 0 saturated carbocycles. The summed E-state index contributed by atoms with van der Waals surface area (Å²) in [6.07, 6.45) is 5.44. The van der Waals surface area contributed by atoms with Gasteiger partial charge in [0.2, 0.25) is 0 Å². The lowest BCUT2D eigenvalue weighted by molar-refractivity contribution is -0.168. The molecule has 1 aliphatic rings. The van der Waals surface area contributed by atoms with Crippen LogP contribution in [0.3, 0.4) is 0 Å². The van der Waals surface area contributed by atoms with Crippen molar-refractivity contribution in [3.05, 3.63) is 29.3 Å². The predicted molar refractivity (Wildman–Crippen MR) is 107 cm³/mol. The Morgan fingerprint density at radius 3 is 2.46 bits per heavy atom. The molecule has 26 heavy (non-hydrogen) atoms. The third-order valence-corrected chi connectivity index (χ3v) is 5.58. The standard InChI is InChI=1S/C22H37NO3/c1-6-12-22(25-15-16-26-22)13-8-9-14-23(7-2)19(4)21-11-10-20(24-5)17-18(21)3/h10-11,17,19H,6-9,12-16H2,1-5H3. The Morgan fingerprint density at radius 1 is 1.15 bits per heavy atom. The molecule has 2 rings (SSSR count). The Hall–Kier alpha value is -1.10. The second-order valence-electron chi connectivity index (χ2n) is 7.34. The molecule has 0 radical (unpaired) electrons. The molecule has 0 aromatic heterocycles. The fraction of sp³-hybridized carbons (Fsp3) is 0.727.